The molecule has 1 aliphatic carbocycles. The lowest BCUT2D eigenvalue weighted by Gasteiger charge is -2.41. The average Bonchev–Trinajstić information content (AvgIpc) is 2.77. The number of likely N-dealkylation sites (tertiary alicyclic amines) is 1. The van der Waals surface area contributed by atoms with E-state index >= 15 is 0 Å². The third-order valence-corrected chi connectivity index (χ3v) is 6.94. The summed E-state index contributed by atoms with van der Waals surface area (Å²) in [4.78, 5) is 40.0. The molecule has 9 heteroatoms. The number of methoxy groups -OCH3 is 1. The number of allylic oxidation sites excluding steroid dienone is 3. The Labute approximate surface area is 198 Å². The van der Waals surface area contributed by atoms with E-state index in [1.54, 1.807) is 4.90 Å². The Morgan fingerprint density at radius 2 is 1.91 bits per heavy atom. The lowest BCUT2D eigenvalue weighted by molar-refractivity contribution is -0.386. The first-order chi connectivity index (χ1) is 16.0. The summed E-state index contributed by atoms with van der Waals surface area (Å²) in [6.07, 6.45) is 3.81. The van der Waals surface area contributed by atoms with Gasteiger partial charge in [-0.25, -0.2) is 0 Å². The highest BCUT2D eigenvalue weighted by Gasteiger charge is 2.44. The number of nitrogens with zero attached hydrogens (tertiary/aromatic N) is 2. The average molecular weight is 470 g/mol. The molecule has 1 saturated heterocycles. The number of dihydropyridines is 1. The van der Waals surface area contributed by atoms with E-state index in [1.807, 2.05) is 20.8 Å². The van der Waals surface area contributed by atoms with Crippen LogP contribution in [0.5, 0.6) is 11.5 Å². The number of amides is 1. The molecule has 1 atom stereocenters. The van der Waals surface area contributed by atoms with Crippen molar-refractivity contribution in [3.05, 3.63) is 50.4 Å². The lowest BCUT2D eigenvalue weighted by atomic mass is 9.68. The predicted octanol–water partition coefficient (Wildman–Crippen LogP) is 3.93. The summed E-state index contributed by atoms with van der Waals surface area (Å²) < 4.78 is 5.22. The van der Waals surface area contributed by atoms with Crippen molar-refractivity contribution in [2.45, 2.75) is 58.8 Å². The quantitative estimate of drug-likeness (QED) is 0.506. The zero-order valence-electron chi connectivity index (χ0n) is 20.1. The maximum Gasteiger partial charge on any atom is 0.314 e. The number of carbonyl (C=O) groups is 2. The summed E-state index contributed by atoms with van der Waals surface area (Å²) in [7, 11) is 1.31. The van der Waals surface area contributed by atoms with Crippen molar-refractivity contribution in [2.24, 2.45) is 5.41 Å². The molecule has 1 unspecified atom stereocenters. The van der Waals surface area contributed by atoms with Crippen molar-refractivity contribution in [3.63, 3.8) is 0 Å². The van der Waals surface area contributed by atoms with Crippen LogP contribution in [0.25, 0.3) is 0 Å². The smallest absolute Gasteiger partial charge is 0.314 e. The van der Waals surface area contributed by atoms with Crippen LogP contribution in [0.15, 0.2) is 34.7 Å². The molecule has 1 aromatic carbocycles. The summed E-state index contributed by atoms with van der Waals surface area (Å²) in [5, 5.41) is 25.3. The minimum Gasteiger partial charge on any atom is -0.500 e. The SMILES string of the molecule is COc1cc(C2C(C(=O)N3CCCCC3)=C(C)NC3=C2C(=O)CC(C)(C)C3)cc([N+](=O)[O-])c1O. The molecule has 1 aromatic rings. The number of phenolic OH excluding ortho intramolecular Hbond substituents is 1. The van der Waals surface area contributed by atoms with E-state index in [-0.39, 0.29) is 22.9 Å². The van der Waals surface area contributed by atoms with Crippen LogP contribution in [0, 0.1) is 15.5 Å². The topological polar surface area (TPSA) is 122 Å². The molecule has 9 nitrogen and oxygen atoms in total. The number of ketones is 1. The van der Waals surface area contributed by atoms with E-state index in [0.29, 0.717) is 48.3 Å². The third-order valence-electron chi connectivity index (χ3n) is 6.94. The zero-order chi connectivity index (χ0) is 24.8. The Morgan fingerprint density at radius 3 is 2.53 bits per heavy atom. The van der Waals surface area contributed by atoms with Gasteiger partial charge in [0.1, 0.15) is 0 Å². The molecule has 34 heavy (non-hydrogen) atoms. The second kappa shape index (κ2) is 8.77. The first kappa shape index (κ1) is 23.8. The number of hydrogen-bond acceptors (Lipinski definition) is 7. The number of nitrogens with one attached hydrogen (secondary N) is 1. The molecule has 0 radical (unpaired) electrons. The molecule has 0 aromatic heterocycles. The minimum atomic E-state index is -0.789. The van der Waals surface area contributed by atoms with Crippen LogP contribution in [0.1, 0.15) is 64.4 Å². The molecule has 4 rings (SSSR count). The van der Waals surface area contributed by atoms with Gasteiger partial charge in [0.2, 0.25) is 5.75 Å². The summed E-state index contributed by atoms with van der Waals surface area (Å²) in [6, 6.07) is 2.75. The van der Waals surface area contributed by atoms with Gasteiger partial charge in [-0.05, 0) is 49.7 Å². The summed E-state index contributed by atoms with van der Waals surface area (Å²) in [5.41, 5.74) is 1.86. The number of rotatable bonds is 4. The number of hydrogen-bond donors (Lipinski definition) is 2. The van der Waals surface area contributed by atoms with Gasteiger partial charge in [0.05, 0.1) is 12.0 Å². The Bertz CT molecular complexity index is 1130. The Kier molecular flexibility index (Phi) is 6.14. The molecule has 2 heterocycles. The first-order valence-electron chi connectivity index (χ1n) is 11.6. The lowest BCUT2D eigenvalue weighted by Crippen LogP contribution is -2.43. The third kappa shape index (κ3) is 4.15. The fraction of sp³-hybridized carbons (Fsp3) is 0.520. The molecule has 0 saturated carbocycles. The molecule has 1 amide bonds. The molecule has 2 aliphatic heterocycles. The molecule has 3 aliphatic rings. The second-order valence-corrected chi connectivity index (χ2v) is 10.1. The monoisotopic (exact) mass is 469 g/mol. The van der Waals surface area contributed by atoms with Crippen LogP contribution in [0.3, 0.4) is 0 Å². The minimum absolute atomic E-state index is 0.0732. The van der Waals surface area contributed by atoms with Crippen LogP contribution in [-0.2, 0) is 9.59 Å². The van der Waals surface area contributed by atoms with Gasteiger partial charge < -0.3 is 20.1 Å². The van der Waals surface area contributed by atoms with Crippen LogP contribution >= 0.6 is 0 Å². The standard InChI is InChI=1S/C25H31N3O6/c1-14-20(24(31)27-8-6-5-7-9-27)21(22-16(26-14)12-25(2,3)13-18(22)29)15-10-17(28(32)33)23(30)19(11-15)34-4/h10-11,21,26,30H,5-9,12-13H2,1-4H3. The highest BCUT2D eigenvalue weighted by Crippen LogP contribution is 2.49. The van der Waals surface area contributed by atoms with Crippen LogP contribution in [0.4, 0.5) is 5.69 Å². The van der Waals surface area contributed by atoms with Gasteiger partial charge in [-0.3, -0.25) is 19.7 Å². The Balaban J connectivity index is 1.93. The first-order valence-corrected chi connectivity index (χ1v) is 11.6. The highest BCUT2D eigenvalue weighted by atomic mass is 16.6. The van der Waals surface area contributed by atoms with E-state index in [1.165, 1.54) is 19.2 Å². The van der Waals surface area contributed by atoms with Crippen molar-refractivity contribution in [3.8, 4) is 11.5 Å². The summed E-state index contributed by atoms with van der Waals surface area (Å²) in [5.74, 6) is -1.71. The number of phenols is 1. The van der Waals surface area contributed by atoms with Crippen LogP contribution < -0.4 is 10.1 Å². The number of piperidine rings is 1. The number of aromatic hydroxyl groups is 1. The molecule has 0 spiro atoms. The molecule has 2 N–H and O–H groups in total. The molecule has 0 bridgehead atoms. The van der Waals surface area contributed by atoms with Crippen molar-refractivity contribution in [1.29, 1.82) is 0 Å². The fourth-order valence-electron chi connectivity index (χ4n) is 5.40. The van der Waals surface area contributed by atoms with Crippen molar-refractivity contribution >= 4 is 17.4 Å². The van der Waals surface area contributed by atoms with Crippen molar-refractivity contribution in [1.82, 2.24) is 10.2 Å². The van der Waals surface area contributed by atoms with Crippen LogP contribution in [0.2, 0.25) is 0 Å². The summed E-state index contributed by atoms with van der Waals surface area (Å²) >= 11 is 0. The van der Waals surface area contributed by atoms with Crippen molar-refractivity contribution < 1.29 is 24.4 Å². The fourth-order valence-corrected chi connectivity index (χ4v) is 5.40. The van der Waals surface area contributed by atoms with Gasteiger partial charge in [-0.2, -0.15) is 0 Å². The largest absolute Gasteiger partial charge is 0.500 e. The molecule has 182 valence electrons. The van der Waals surface area contributed by atoms with E-state index < -0.39 is 22.3 Å². The number of ether oxygens (including phenoxy) is 1. The zero-order valence-corrected chi connectivity index (χ0v) is 20.1. The number of nitro groups is 1. The van der Waals surface area contributed by atoms with E-state index in [4.69, 9.17) is 4.74 Å². The van der Waals surface area contributed by atoms with E-state index in [9.17, 15) is 24.8 Å². The number of Topliss-reactive ketones (excluding diaryl/α,β-unsaturated/α-hetero) is 1. The summed E-state index contributed by atoms with van der Waals surface area (Å²) in [6.45, 7) is 7.12. The van der Waals surface area contributed by atoms with Crippen LogP contribution in [-0.4, -0.2) is 46.8 Å². The number of benzene rings is 1. The van der Waals surface area contributed by atoms with E-state index in [2.05, 4.69) is 5.32 Å². The van der Waals surface area contributed by atoms with Gasteiger partial charge >= 0.3 is 5.69 Å². The van der Waals surface area contributed by atoms with Crippen molar-refractivity contribution in [2.75, 3.05) is 20.2 Å². The maximum absolute atomic E-state index is 13.8. The normalized spacial score (nSPS) is 22.3. The van der Waals surface area contributed by atoms with Gasteiger partial charge in [-0.1, -0.05) is 13.8 Å². The Hall–Kier alpha value is -3.36. The molecular weight excluding hydrogens is 438 g/mol. The van der Waals surface area contributed by atoms with Gasteiger partial charge in [-0.15, -0.1) is 0 Å². The van der Waals surface area contributed by atoms with Gasteiger partial charge in [0.15, 0.2) is 11.5 Å². The second-order valence-electron chi connectivity index (χ2n) is 10.1. The van der Waals surface area contributed by atoms with Gasteiger partial charge in [0.25, 0.3) is 5.91 Å². The van der Waals surface area contributed by atoms with E-state index in [0.717, 1.165) is 25.0 Å². The molecule has 1 fully saturated rings. The van der Waals surface area contributed by atoms with Gasteiger partial charge in [0, 0.05) is 54.0 Å². The molecular formula is C25H31N3O6. The number of carbonyl (C=O) groups excluding carboxylic acids is 2. The predicted molar refractivity (Wildman–Crippen MR) is 125 cm³/mol. The Morgan fingerprint density at radius 1 is 1.24 bits per heavy atom. The maximum atomic E-state index is 13.8. The number of nitro benzene ring substituents is 1. The highest BCUT2D eigenvalue weighted by molar-refractivity contribution is 6.05.